The third-order valence-electron chi connectivity index (χ3n) is 5.62. The van der Waals surface area contributed by atoms with E-state index < -0.39 is 11.7 Å². The van der Waals surface area contributed by atoms with E-state index in [-0.39, 0.29) is 6.04 Å². The fraction of sp³-hybridized carbons (Fsp3) is 0.333. The maximum atomic E-state index is 12.8. The van der Waals surface area contributed by atoms with Gasteiger partial charge >= 0.3 is 6.18 Å². The molecule has 0 N–H and O–H groups in total. The summed E-state index contributed by atoms with van der Waals surface area (Å²) in [7, 11) is 0. The Kier molecular flexibility index (Phi) is 5.79. The second-order valence-electron chi connectivity index (χ2n) is 7.68. The molecule has 0 radical (unpaired) electrons. The Balaban J connectivity index is 1.25. The largest absolute Gasteiger partial charge is 0.416 e. The third-order valence-corrected chi connectivity index (χ3v) is 7.36. The highest BCUT2D eigenvalue weighted by Crippen LogP contribution is 2.31. The summed E-state index contributed by atoms with van der Waals surface area (Å²) in [5.74, 6) is 0. The van der Waals surface area contributed by atoms with Crippen molar-refractivity contribution in [3.05, 3.63) is 58.5 Å². The minimum atomic E-state index is -4.35. The summed E-state index contributed by atoms with van der Waals surface area (Å²) in [6.07, 6.45) is -0.745. The van der Waals surface area contributed by atoms with Crippen LogP contribution >= 0.6 is 22.7 Å². The third kappa shape index (κ3) is 4.58. The van der Waals surface area contributed by atoms with Crippen LogP contribution in [0.25, 0.3) is 11.4 Å². The first-order valence-corrected chi connectivity index (χ1v) is 12.1. The predicted molar refractivity (Wildman–Crippen MR) is 123 cm³/mol. The minimum Gasteiger partial charge on any atom is -0.345 e. The Labute approximate surface area is 196 Å². The van der Waals surface area contributed by atoms with Crippen LogP contribution in [0.15, 0.2) is 47.4 Å². The molecule has 4 heterocycles. The average molecular weight is 492 g/mol. The van der Waals surface area contributed by atoms with Crippen molar-refractivity contribution in [3.8, 4) is 11.4 Å². The topological polar surface area (TPSA) is 63.0 Å². The quantitative estimate of drug-likeness (QED) is 0.399. The number of hydrogen-bond acceptors (Lipinski definition) is 8. The van der Waals surface area contributed by atoms with Crippen molar-refractivity contribution in [2.45, 2.75) is 19.1 Å². The van der Waals surface area contributed by atoms with E-state index in [4.69, 9.17) is 4.98 Å². The lowest BCUT2D eigenvalue weighted by molar-refractivity contribution is -0.137. The normalized spacial score (nSPS) is 15.8. The SMILES string of the molecule is C[C@H](c1ccc(C(F)(F)F)cc1)n1cc(-c2csc(N3CCN(c4nccs4)CC3)n2)nn1. The Morgan fingerprint density at radius 1 is 0.939 bits per heavy atom. The highest BCUT2D eigenvalue weighted by Gasteiger charge is 2.30. The molecule has 0 amide bonds. The van der Waals surface area contributed by atoms with Gasteiger partial charge in [0.05, 0.1) is 17.8 Å². The van der Waals surface area contributed by atoms with Gasteiger partial charge in [-0.1, -0.05) is 17.3 Å². The number of piperazine rings is 1. The zero-order valence-corrected chi connectivity index (χ0v) is 19.2. The standard InChI is InChI=1S/C21H20F3N7S2/c1-14(15-2-4-16(5-3-15)21(22,23)24)31-12-17(27-28-31)18-13-33-20(26-18)30-9-7-29(8-10-30)19-25-6-11-32-19/h2-6,11-14H,7-10H2,1H3/t14-/m1/s1. The van der Waals surface area contributed by atoms with Crippen LogP contribution in [-0.2, 0) is 6.18 Å². The van der Waals surface area contributed by atoms with Gasteiger partial charge in [-0.25, -0.2) is 14.6 Å². The van der Waals surface area contributed by atoms with Gasteiger partial charge < -0.3 is 9.80 Å². The molecule has 172 valence electrons. The number of anilines is 2. The molecule has 0 saturated carbocycles. The zero-order valence-electron chi connectivity index (χ0n) is 17.6. The fourth-order valence-corrected chi connectivity index (χ4v) is 5.24. The molecule has 5 rings (SSSR count). The molecule has 1 fully saturated rings. The average Bonchev–Trinajstić information content (AvgIpc) is 3.60. The minimum absolute atomic E-state index is 0.259. The van der Waals surface area contributed by atoms with Crippen molar-refractivity contribution in [3.63, 3.8) is 0 Å². The molecule has 1 saturated heterocycles. The van der Waals surface area contributed by atoms with E-state index in [0.717, 1.165) is 59.8 Å². The van der Waals surface area contributed by atoms with Crippen LogP contribution in [-0.4, -0.2) is 51.1 Å². The summed E-state index contributed by atoms with van der Waals surface area (Å²) in [5.41, 5.74) is 1.43. The molecule has 1 aliphatic heterocycles. The molecule has 33 heavy (non-hydrogen) atoms. The lowest BCUT2D eigenvalue weighted by atomic mass is 10.1. The number of halogens is 3. The number of rotatable bonds is 5. The first-order chi connectivity index (χ1) is 15.9. The Morgan fingerprint density at radius 3 is 2.27 bits per heavy atom. The molecule has 3 aromatic heterocycles. The van der Waals surface area contributed by atoms with Crippen molar-refractivity contribution in [1.29, 1.82) is 0 Å². The first-order valence-electron chi connectivity index (χ1n) is 10.3. The van der Waals surface area contributed by atoms with Gasteiger partial charge in [-0.15, -0.1) is 27.8 Å². The summed E-state index contributed by atoms with van der Waals surface area (Å²) in [5, 5.41) is 14.4. The molecule has 12 heteroatoms. The van der Waals surface area contributed by atoms with Gasteiger partial charge in [-0.2, -0.15) is 13.2 Å². The van der Waals surface area contributed by atoms with Crippen LogP contribution in [0.4, 0.5) is 23.4 Å². The van der Waals surface area contributed by atoms with Gasteiger partial charge in [0.2, 0.25) is 0 Å². The van der Waals surface area contributed by atoms with Crippen molar-refractivity contribution >= 4 is 32.9 Å². The molecular weight excluding hydrogens is 471 g/mol. The second kappa shape index (κ2) is 8.75. The van der Waals surface area contributed by atoms with E-state index in [1.54, 1.807) is 33.6 Å². The van der Waals surface area contributed by atoms with Crippen LogP contribution in [0.5, 0.6) is 0 Å². The van der Waals surface area contributed by atoms with E-state index in [0.29, 0.717) is 5.69 Å². The zero-order chi connectivity index (χ0) is 23.0. The summed E-state index contributed by atoms with van der Waals surface area (Å²) in [6.45, 7) is 5.39. The van der Waals surface area contributed by atoms with Crippen LogP contribution in [0.3, 0.4) is 0 Å². The Morgan fingerprint density at radius 2 is 1.64 bits per heavy atom. The van der Waals surface area contributed by atoms with Crippen LogP contribution in [0.1, 0.15) is 24.1 Å². The van der Waals surface area contributed by atoms with E-state index in [1.165, 1.54) is 12.1 Å². The van der Waals surface area contributed by atoms with Crippen molar-refractivity contribution in [2.75, 3.05) is 36.0 Å². The lowest BCUT2D eigenvalue weighted by Crippen LogP contribution is -2.46. The molecule has 0 spiro atoms. The number of hydrogen-bond donors (Lipinski definition) is 0. The van der Waals surface area contributed by atoms with Crippen LogP contribution < -0.4 is 9.80 Å². The molecule has 1 aromatic carbocycles. The molecule has 0 aliphatic carbocycles. The molecular formula is C21H20F3N7S2. The van der Waals surface area contributed by atoms with Gasteiger partial charge in [0.15, 0.2) is 10.3 Å². The van der Waals surface area contributed by atoms with Crippen molar-refractivity contribution in [2.24, 2.45) is 0 Å². The van der Waals surface area contributed by atoms with Gasteiger partial charge in [0, 0.05) is 43.1 Å². The summed E-state index contributed by atoms with van der Waals surface area (Å²) < 4.78 is 40.1. The van der Waals surface area contributed by atoms with Gasteiger partial charge in [0.25, 0.3) is 0 Å². The number of aromatic nitrogens is 5. The Bertz CT molecular complexity index is 1190. The monoisotopic (exact) mass is 491 g/mol. The van der Waals surface area contributed by atoms with E-state index >= 15 is 0 Å². The summed E-state index contributed by atoms with van der Waals surface area (Å²) in [4.78, 5) is 13.7. The van der Waals surface area contributed by atoms with E-state index in [1.807, 2.05) is 23.9 Å². The van der Waals surface area contributed by atoms with E-state index in [2.05, 4.69) is 25.1 Å². The van der Waals surface area contributed by atoms with Crippen LogP contribution in [0, 0.1) is 0 Å². The predicted octanol–water partition coefficient (Wildman–Crippen LogP) is 4.81. The Hall–Kier alpha value is -2.99. The molecule has 1 atom stereocenters. The summed E-state index contributed by atoms with van der Waals surface area (Å²) >= 11 is 3.22. The second-order valence-corrected chi connectivity index (χ2v) is 9.39. The van der Waals surface area contributed by atoms with Crippen molar-refractivity contribution < 1.29 is 13.2 Å². The van der Waals surface area contributed by atoms with Gasteiger partial charge in [-0.05, 0) is 24.6 Å². The van der Waals surface area contributed by atoms with E-state index in [9.17, 15) is 13.2 Å². The molecule has 1 aliphatic rings. The molecule has 4 aromatic rings. The summed E-state index contributed by atoms with van der Waals surface area (Å²) in [6, 6.07) is 4.86. The molecule has 0 bridgehead atoms. The number of benzene rings is 1. The fourth-order valence-electron chi connectivity index (χ4n) is 3.68. The maximum absolute atomic E-state index is 12.8. The molecule has 0 unspecified atom stereocenters. The van der Waals surface area contributed by atoms with Crippen LogP contribution in [0.2, 0.25) is 0 Å². The number of thiazole rings is 2. The van der Waals surface area contributed by atoms with Gasteiger partial charge in [-0.3, -0.25) is 0 Å². The smallest absolute Gasteiger partial charge is 0.345 e. The molecule has 7 nitrogen and oxygen atoms in total. The maximum Gasteiger partial charge on any atom is 0.416 e. The van der Waals surface area contributed by atoms with Gasteiger partial charge in [0.1, 0.15) is 11.4 Å². The first kappa shape index (κ1) is 21.8. The lowest BCUT2D eigenvalue weighted by Gasteiger charge is -2.34. The number of alkyl halides is 3. The highest BCUT2D eigenvalue weighted by molar-refractivity contribution is 7.14. The number of nitrogens with zero attached hydrogens (tertiary/aromatic N) is 7. The van der Waals surface area contributed by atoms with Crippen molar-refractivity contribution in [1.82, 2.24) is 25.0 Å². The highest BCUT2D eigenvalue weighted by atomic mass is 32.1.